The van der Waals surface area contributed by atoms with Gasteiger partial charge in [0.2, 0.25) is 0 Å². The molecule has 3 aromatic carbocycles. The molecule has 5 rings (SSSR count). The fourth-order valence-electron chi connectivity index (χ4n) is 5.58. The third-order valence-electron chi connectivity index (χ3n) is 7.41. The number of aliphatic carboxylic acids is 1. The van der Waals surface area contributed by atoms with E-state index in [-0.39, 0.29) is 18.2 Å². The second-order valence-electron chi connectivity index (χ2n) is 11.0. The summed E-state index contributed by atoms with van der Waals surface area (Å²) in [4.78, 5) is 14.2. The molecular weight excluding hydrogens is 483 g/mol. The van der Waals surface area contributed by atoms with Crippen molar-refractivity contribution in [2.75, 3.05) is 6.54 Å². The predicted octanol–water partition coefficient (Wildman–Crippen LogP) is 5.50. The van der Waals surface area contributed by atoms with Crippen LogP contribution in [0.25, 0.3) is 11.0 Å². The standard InChI is InChI=1S/C30H33FN4O3/c1-18-6-7-20(25(14-28(36)37)24-9-10-26-29(19(24)2)32-33-34(26)5)12-21(18)15-35-16-22-13-23(31)8-11-27(22)38-30(3,4)17-35/h6-13,25H,14-17H2,1-5H3,(H,36,37)/t25-/m0/s1. The summed E-state index contributed by atoms with van der Waals surface area (Å²) in [6, 6.07) is 14.8. The Morgan fingerprint density at radius 2 is 1.95 bits per heavy atom. The Morgan fingerprint density at radius 3 is 2.71 bits per heavy atom. The highest BCUT2D eigenvalue weighted by Gasteiger charge is 2.30. The fourth-order valence-corrected chi connectivity index (χ4v) is 5.58. The lowest BCUT2D eigenvalue weighted by atomic mass is 9.84. The number of carboxylic acids is 1. The molecule has 0 saturated carbocycles. The third kappa shape index (κ3) is 5.13. The van der Waals surface area contributed by atoms with Gasteiger partial charge in [-0.25, -0.2) is 9.07 Å². The number of halogens is 1. The molecule has 0 fully saturated rings. The molecule has 0 radical (unpaired) electrons. The number of ether oxygens (including phenoxy) is 1. The average Bonchev–Trinajstić information content (AvgIpc) is 3.16. The molecule has 7 nitrogen and oxygen atoms in total. The minimum absolute atomic E-state index is 0.0354. The molecule has 0 bridgehead atoms. The van der Waals surface area contributed by atoms with Crippen LogP contribution in [0.2, 0.25) is 0 Å². The maximum Gasteiger partial charge on any atom is 0.304 e. The van der Waals surface area contributed by atoms with Crippen molar-refractivity contribution in [2.24, 2.45) is 7.05 Å². The van der Waals surface area contributed by atoms with Crippen molar-refractivity contribution < 1.29 is 19.0 Å². The first-order chi connectivity index (χ1) is 18.0. The van der Waals surface area contributed by atoms with Crippen LogP contribution in [0.1, 0.15) is 59.6 Å². The molecular formula is C30H33FN4O3. The van der Waals surface area contributed by atoms with Gasteiger partial charge >= 0.3 is 5.97 Å². The highest BCUT2D eigenvalue weighted by atomic mass is 19.1. The Morgan fingerprint density at radius 1 is 1.16 bits per heavy atom. The topological polar surface area (TPSA) is 80.5 Å². The SMILES string of the molecule is Cc1ccc([C@H](CC(=O)O)c2ccc3c(nnn3C)c2C)cc1CN1Cc2cc(F)ccc2OC(C)(C)C1. The van der Waals surface area contributed by atoms with Crippen LogP contribution < -0.4 is 4.74 Å². The van der Waals surface area contributed by atoms with Crippen molar-refractivity contribution in [3.8, 4) is 5.75 Å². The number of aryl methyl sites for hydroxylation is 3. The first kappa shape index (κ1) is 25.9. The number of carboxylic acid groups (broad SMARTS) is 1. The lowest BCUT2D eigenvalue weighted by Crippen LogP contribution is -2.40. The number of nitrogens with zero attached hydrogens (tertiary/aromatic N) is 4. The zero-order chi connectivity index (χ0) is 27.2. The van der Waals surface area contributed by atoms with Gasteiger partial charge in [-0.2, -0.15) is 0 Å². The van der Waals surface area contributed by atoms with E-state index in [0.29, 0.717) is 25.4 Å². The van der Waals surface area contributed by atoms with E-state index in [0.717, 1.165) is 44.4 Å². The quantitative estimate of drug-likeness (QED) is 0.364. The Hall–Kier alpha value is -3.78. The van der Waals surface area contributed by atoms with Crippen molar-refractivity contribution in [1.29, 1.82) is 0 Å². The van der Waals surface area contributed by atoms with E-state index < -0.39 is 11.6 Å². The van der Waals surface area contributed by atoms with Crippen molar-refractivity contribution in [1.82, 2.24) is 19.9 Å². The molecule has 1 aliphatic heterocycles. The zero-order valence-corrected chi connectivity index (χ0v) is 22.5. The molecule has 0 saturated heterocycles. The highest BCUT2D eigenvalue weighted by molar-refractivity contribution is 5.80. The fraction of sp³-hybridized carbons (Fsp3) is 0.367. The highest BCUT2D eigenvalue weighted by Crippen LogP contribution is 2.35. The molecule has 1 aliphatic rings. The van der Waals surface area contributed by atoms with Crippen molar-refractivity contribution >= 4 is 17.0 Å². The molecule has 198 valence electrons. The van der Waals surface area contributed by atoms with Gasteiger partial charge in [0.25, 0.3) is 0 Å². The summed E-state index contributed by atoms with van der Waals surface area (Å²) < 4.78 is 22.0. The van der Waals surface area contributed by atoms with Gasteiger partial charge in [0.15, 0.2) is 0 Å². The second-order valence-corrected chi connectivity index (χ2v) is 11.0. The average molecular weight is 517 g/mol. The monoisotopic (exact) mass is 516 g/mol. The van der Waals surface area contributed by atoms with Gasteiger partial charge < -0.3 is 9.84 Å². The van der Waals surface area contributed by atoms with Crippen LogP contribution in [-0.4, -0.2) is 43.1 Å². The molecule has 4 aromatic rings. The summed E-state index contributed by atoms with van der Waals surface area (Å²) >= 11 is 0. The van der Waals surface area contributed by atoms with Crippen LogP contribution in [-0.2, 0) is 24.9 Å². The van der Waals surface area contributed by atoms with Crippen LogP contribution in [0.4, 0.5) is 4.39 Å². The first-order valence-electron chi connectivity index (χ1n) is 12.8. The molecule has 8 heteroatoms. The molecule has 0 amide bonds. The minimum atomic E-state index is -0.860. The molecule has 0 aliphatic carbocycles. The third-order valence-corrected chi connectivity index (χ3v) is 7.41. The second kappa shape index (κ2) is 9.83. The number of hydrogen-bond donors (Lipinski definition) is 1. The van der Waals surface area contributed by atoms with Crippen molar-refractivity contribution in [2.45, 2.75) is 58.7 Å². The van der Waals surface area contributed by atoms with Crippen molar-refractivity contribution in [3.63, 3.8) is 0 Å². The number of carbonyl (C=O) groups is 1. The summed E-state index contributed by atoms with van der Waals surface area (Å²) in [7, 11) is 1.84. The number of fused-ring (bicyclic) bond motifs is 2. The minimum Gasteiger partial charge on any atom is -0.486 e. The summed E-state index contributed by atoms with van der Waals surface area (Å²) in [5.74, 6) is -0.768. The Labute approximate surface area is 221 Å². The molecule has 1 N–H and O–H groups in total. The largest absolute Gasteiger partial charge is 0.486 e. The van der Waals surface area contributed by atoms with E-state index in [4.69, 9.17) is 4.74 Å². The summed E-state index contributed by atoms with van der Waals surface area (Å²) in [6.07, 6.45) is -0.0354. The van der Waals surface area contributed by atoms with Crippen LogP contribution >= 0.6 is 0 Å². The van der Waals surface area contributed by atoms with E-state index in [2.05, 4.69) is 34.3 Å². The number of rotatable bonds is 6. The molecule has 38 heavy (non-hydrogen) atoms. The number of benzene rings is 3. The molecule has 0 spiro atoms. The van der Waals surface area contributed by atoms with E-state index in [1.54, 1.807) is 16.8 Å². The van der Waals surface area contributed by atoms with Crippen LogP contribution in [0.5, 0.6) is 5.75 Å². The van der Waals surface area contributed by atoms with Gasteiger partial charge in [-0.05, 0) is 79.8 Å². The maximum absolute atomic E-state index is 14.0. The Bertz CT molecular complexity index is 1530. The van der Waals surface area contributed by atoms with Gasteiger partial charge in [-0.3, -0.25) is 9.69 Å². The van der Waals surface area contributed by atoms with Gasteiger partial charge in [-0.15, -0.1) is 5.10 Å². The van der Waals surface area contributed by atoms with Gasteiger partial charge in [0, 0.05) is 38.2 Å². The van der Waals surface area contributed by atoms with Gasteiger partial charge in [0.05, 0.1) is 11.9 Å². The summed E-state index contributed by atoms with van der Waals surface area (Å²) in [5, 5.41) is 18.3. The molecule has 2 heterocycles. The van der Waals surface area contributed by atoms with Crippen molar-refractivity contribution in [3.05, 3.63) is 87.7 Å². The summed E-state index contributed by atoms with van der Waals surface area (Å²) in [6.45, 7) is 9.97. The van der Waals surface area contributed by atoms with E-state index in [1.807, 2.05) is 46.0 Å². The van der Waals surface area contributed by atoms with Gasteiger partial charge in [0.1, 0.15) is 22.7 Å². The normalized spacial score (nSPS) is 16.1. The van der Waals surface area contributed by atoms with Crippen LogP contribution in [0, 0.1) is 19.7 Å². The Kier molecular flexibility index (Phi) is 6.69. The molecule has 1 atom stereocenters. The van der Waals surface area contributed by atoms with Crippen LogP contribution in [0.15, 0.2) is 48.5 Å². The number of hydrogen-bond acceptors (Lipinski definition) is 5. The first-order valence-corrected chi connectivity index (χ1v) is 12.8. The molecule has 1 aromatic heterocycles. The lowest BCUT2D eigenvalue weighted by molar-refractivity contribution is -0.137. The predicted molar refractivity (Wildman–Crippen MR) is 144 cm³/mol. The smallest absolute Gasteiger partial charge is 0.304 e. The Balaban J connectivity index is 1.51. The summed E-state index contributed by atoms with van der Waals surface area (Å²) in [5.41, 5.74) is 7.09. The van der Waals surface area contributed by atoms with Crippen LogP contribution in [0.3, 0.4) is 0 Å². The van der Waals surface area contributed by atoms with E-state index >= 15 is 0 Å². The zero-order valence-electron chi connectivity index (χ0n) is 22.5. The number of aromatic nitrogens is 3. The van der Waals surface area contributed by atoms with E-state index in [9.17, 15) is 14.3 Å². The van der Waals surface area contributed by atoms with E-state index in [1.165, 1.54) is 6.07 Å². The lowest BCUT2D eigenvalue weighted by Gasteiger charge is -2.30. The maximum atomic E-state index is 14.0. The molecule has 0 unspecified atom stereocenters. The van der Waals surface area contributed by atoms with Gasteiger partial charge in [-0.1, -0.05) is 29.5 Å².